The minimum Gasteiger partial charge on any atom is -0.467 e. The Labute approximate surface area is 666 Å². The molecule has 0 aromatic rings. The van der Waals surface area contributed by atoms with Crippen molar-refractivity contribution < 1.29 is 133 Å². The molecule has 114 heavy (non-hydrogen) atoms. The van der Waals surface area contributed by atoms with Crippen LogP contribution in [0.5, 0.6) is 0 Å². The molecule has 0 fully saturated rings. The normalized spacial score (nSPS) is 11.8. The fourth-order valence-electron chi connectivity index (χ4n) is 9.65. The molecule has 0 saturated carbocycles. The lowest BCUT2D eigenvalue weighted by atomic mass is 10.00. The Morgan fingerprint density at radius 1 is 0.254 bits per heavy atom. The van der Waals surface area contributed by atoms with Gasteiger partial charge in [0.05, 0.1) is 211 Å². The zero-order chi connectivity index (χ0) is 83.2. The van der Waals surface area contributed by atoms with Gasteiger partial charge < -0.3 is 106 Å². The Bertz CT molecular complexity index is 2680. The molecule has 0 aliphatic rings. The van der Waals surface area contributed by atoms with Crippen LogP contribution >= 0.6 is 0 Å². The van der Waals surface area contributed by atoms with Crippen molar-refractivity contribution >= 4 is 52.6 Å². The van der Waals surface area contributed by atoms with Crippen molar-refractivity contribution in [1.82, 2.24) is 16.0 Å². The Morgan fingerprint density at radius 3 is 0.781 bits per heavy atom. The number of carbonyl (C=O) groups is 9. The van der Waals surface area contributed by atoms with Crippen LogP contribution in [0.1, 0.15) is 116 Å². The van der Waals surface area contributed by atoms with E-state index in [2.05, 4.69) is 56.1 Å². The van der Waals surface area contributed by atoms with Gasteiger partial charge in [-0.2, -0.15) is 0 Å². The summed E-state index contributed by atoms with van der Waals surface area (Å²) in [7, 11) is 1.22. The summed E-state index contributed by atoms with van der Waals surface area (Å²) in [4.78, 5) is 125. The SMILES string of the molecule is COC(=O)C(CCCCCC(=O)COCCOCCOCCCC(=O)C(CCCCCC(=O)COCCOCCOCCN=[N+]=[N-])NC(=O)COCCOCCOCCN=[N+]=[N-])NC(=O)COCCOCCOCCC(=O)C(CCCCCC(=O)COCCOCCOCCN=[N+]=[N-])NC(=O)COCCOCCOCCN=[N+]=[N-]. The number of nitrogens with one attached hydrogen (secondary N) is 3. The summed E-state index contributed by atoms with van der Waals surface area (Å²) in [5.74, 6) is -2.78. The molecule has 0 spiro atoms. The number of rotatable bonds is 91. The zero-order valence-corrected chi connectivity index (χ0v) is 66.5. The summed E-state index contributed by atoms with van der Waals surface area (Å²) in [6.45, 7) is 6.79. The Hall–Kier alpha value is -7.25. The first-order valence-electron chi connectivity index (χ1n) is 38.8. The van der Waals surface area contributed by atoms with E-state index in [0.29, 0.717) is 143 Å². The van der Waals surface area contributed by atoms with Crippen LogP contribution in [0.3, 0.4) is 0 Å². The average molecular weight is 1640 g/mol. The van der Waals surface area contributed by atoms with Gasteiger partial charge >= 0.3 is 5.97 Å². The van der Waals surface area contributed by atoms with E-state index in [4.69, 9.17) is 112 Å². The lowest BCUT2D eigenvalue weighted by Crippen LogP contribution is -2.43. The van der Waals surface area contributed by atoms with Crippen LogP contribution in [0.2, 0.25) is 0 Å². The Balaban J connectivity index is 4.57. The summed E-state index contributed by atoms with van der Waals surface area (Å²) in [6, 6.07) is -2.52. The first kappa shape index (κ1) is 107. The van der Waals surface area contributed by atoms with Crippen molar-refractivity contribution in [2.24, 2.45) is 20.5 Å². The maximum Gasteiger partial charge on any atom is 0.328 e. The van der Waals surface area contributed by atoms with Crippen LogP contribution in [-0.2, 0) is 133 Å². The molecule has 0 heterocycles. The number of esters is 1. The van der Waals surface area contributed by atoms with Gasteiger partial charge in [0.1, 0.15) is 45.7 Å². The highest BCUT2D eigenvalue weighted by Gasteiger charge is 2.24. The number of ether oxygens (including phenoxy) is 19. The number of Topliss-reactive ketones (excluding diaryl/α,β-unsaturated/α-hetero) is 5. The van der Waals surface area contributed by atoms with E-state index in [1.807, 2.05) is 0 Å². The molecule has 0 rings (SSSR count). The quantitative estimate of drug-likeness (QED) is 0.0236. The average Bonchev–Trinajstić information content (AvgIpc) is 0.928. The number of azide groups is 4. The highest BCUT2D eigenvalue weighted by molar-refractivity contribution is 5.90. The summed E-state index contributed by atoms with van der Waals surface area (Å²) in [6.07, 6.45) is 7.52. The van der Waals surface area contributed by atoms with Crippen LogP contribution in [0, 0.1) is 0 Å². The Morgan fingerprint density at radius 2 is 0.491 bits per heavy atom. The summed E-state index contributed by atoms with van der Waals surface area (Å²) >= 11 is 0. The molecule has 3 atom stereocenters. The van der Waals surface area contributed by atoms with Crippen LogP contribution in [0.15, 0.2) is 20.5 Å². The fourth-order valence-corrected chi connectivity index (χ4v) is 9.65. The highest BCUT2D eigenvalue weighted by atomic mass is 16.6. The highest BCUT2D eigenvalue weighted by Crippen LogP contribution is 2.13. The van der Waals surface area contributed by atoms with E-state index < -0.39 is 41.8 Å². The smallest absolute Gasteiger partial charge is 0.328 e. The number of methoxy groups -OCH3 is 1. The largest absolute Gasteiger partial charge is 0.467 e. The van der Waals surface area contributed by atoms with E-state index in [0.717, 1.165) is 0 Å². The second-order valence-corrected chi connectivity index (χ2v) is 24.6. The predicted octanol–water partition coefficient (Wildman–Crippen LogP) is 5.02. The van der Waals surface area contributed by atoms with E-state index in [1.54, 1.807) is 0 Å². The van der Waals surface area contributed by atoms with Crippen LogP contribution in [0.4, 0.5) is 0 Å². The van der Waals surface area contributed by atoms with Gasteiger partial charge in [-0.05, 0) is 67.1 Å². The van der Waals surface area contributed by atoms with Gasteiger partial charge in [-0.1, -0.05) is 59.0 Å². The first-order valence-corrected chi connectivity index (χ1v) is 38.8. The van der Waals surface area contributed by atoms with Crippen LogP contribution in [-0.4, -0.2) is 342 Å². The topological polar surface area (TPSA) is 560 Å². The van der Waals surface area contributed by atoms with Gasteiger partial charge in [-0.15, -0.1) is 0 Å². The standard InChI is InChI=1S/C71H125N15O28/c1-96-71(95)65(82-70(94)59-114-53-45-104-37-31-98-25-19-67(91)64(81-69(93)58-113-52-47-108-41-35-102-29-23-79-86-75)16-9-3-6-13-61(88)55-111-50-44-106-39-33-100-27-21-77-84-73)17-10-4-7-14-62(89)56-109-48-42-103-36-30-97-24-11-18-66(90)63(80-68(92)57-112-51-46-107-40-34-101-28-22-78-85-74)15-8-2-5-12-60(87)54-110-49-43-105-38-32-99-26-20-76-83-72/h63-65H,2-59H2,1H3,(H,80,92)(H,81,93)(H,82,94). The number of hydrogen-bond acceptors (Lipinski definition) is 32. The molecule has 0 radical (unpaired) electrons. The molecule has 0 aromatic carbocycles. The van der Waals surface area contributed by atoms with E-state index in [1.165, 1.54) is 7.11 Å². The molecule has 0 saturated heterocycles. The number of ketones is 5. The van der Waals surface area contributed by atoms with Crippen molar-refractivity contribution in [3.8, 4) is 0 Å². The number of carbonyl (C=O) groups excluding carboxylic acids is 9. The second-order valence-electron chi connectivity index (χ2n) is 24.6. The lowest BCUT2D eigenvalue weighted by molar-refractivity contribution is -0.146. The van der Waals surface area contributed by atoms with Crippen molar-refractivity contribution in [2.45, 2.75) is 134 Å². The third kappa shape index (κ3) is 76.1. The van der Waals surface area contributed by atoms with Gasteiger partial charge in [-0.25, -0.2) is 4.79 Å². The van der Waals surface area contributed by atoms with Gasteiger partial charge in [0.15, 0.2) is 28.9 Å². The summed E-state index contributed by atoms with van der Waals surface area (Å²) in [5, 5.41) is 21.7. The Kier molecular flexibility index (Phi) is 79.7. The predicted molar refractivity (Wildman–Crippen MR) is 407 cm³/mol. The molecule has 652 valence electrons. The number of hydrogen-bond donors (Lipinski definition) is 3. The second kappa shape index (κ2) is 85.1. The first-order chi connectivity index (χ1) is 55.8. The minimum absolute atomic E-state index is 0.00157. The number of nitrogens with zero attached hydrogens (tertiary/aromatic N) is 12. The summed E-state index contributed by atoms with van der Waals surface area (Å²) < 4.78 is 103. The van der Waals surface area contributed by atoms with E-state index in [9.17, 15) is 43.2 Å². The molecule has 3 N–H and O–H groups in total. The van der Waals surface area contributed by atoms with Crippen LogP contribution in [0.25, 0.3) is 41.8 Å². The number of unbranched alkanes of at least 4 members (excludes halogenated alkanes) is 6. The van der Waals surface area contributed by atoms with Crippen molar-refractivity contribution in [1.29, 1.82) is 0 Å². The monoisotopic (exact) mass is 1640 g/mol. The zero-order valence-electron chi connectivity index (χ0n) is 66.5. The minimum atomic E-state index is -0.925. The van der Waals surface area contributed by atoms with E-state index in [-0.39, 0.29) is 266 Å². The number of amides is 3. The molecule has 43 heteroatoms. The molecular formula is C71H125N15O28. The third-order valence-electron chi connectivity index (χ3n) is 15.4. The lowest BCUT2D eigenvalue weighted by Gasteiger charge is -2.18. The molecule has 43 nitrogen and oxygen atoms in total. The molecular weight excluding hydrogens is 1510 g/mol. The van der Waals surface area contributed by atoms with Crippen molar-refractivity contribution in [2.75, 3.05) is 271 Å². The maximum atomic E-state index is 13.4. The third-order valence-corrected chi connectivity index (χ3v) is 15.4. The van der Waals surface area contributed by atoms with Gasteiger partial charge in [0.25, 0.3) is 0 Å². The maximum absolute atomic E-state index is 13.4. The molecule has 0 aromatic heterocycles. The summed E-state index contributed by atoms with van der Waals surface area (Å²) in [5.41, 5.74) is 33.2. The fraction of sp³-hybridized carbons (Fsp3) is 0.873. The molecule has 0 bridgehead atoms. The van der Waals surface area contributed by atoms with Crippen LogP contribution < -0.4 is 16.0 Å². The van der Waals surface area contributed by atoms with E-state index >= 15 is 0 Å². The van der Waals surface area contributed by atoms with Crippen molar-refractivity contribution in [3.05, 3.63) is 41.8 Å². The molecule has 0 aliphatic heterocycles. The molecule has 3 unspecified atom stereocenters. The molecule has 0 aliphatic carbocycles. The van der Waals surface area contributed by atoms with Gasteiger partial charge in [0.2, 0.25) is 17.7 Å². The van der Waals surface area contributed by atoms with Gasteiger partial charge in [-0.3, -0.25) is 38.4 Å². The van der Waals surface area contributed by atoms with Gasteiger partial charge in [0, 0.05) is 84.5 Å². The molecule has 3 amide bonds. The van der Waals surface area contributed by atoms with Crippen molar-refractivity contribution in [3.63, 3.8) is 0 Å².